The number of amides is 2. The third kappa shape index (κ3) is 4.35. The molecule has 2 fully saturated rings. The molecule has 1 aromatic heterocycles. The van der Waals surface area contributed by atoms with Crippen molar-refractivity contribution >= 4 is 12.0 Å². The van der Waals surface area contributed by atoms with Crippen molar-refractivity contribution in [2.45, 2.75) is 57.9 Å². The Hall–Kier alpha value is -1.98. The van der Waals surface area contributed by atoms with Crippen LogP contribution in [0.15, 0.2) is 16.5 Å². The van der Waals surface area contributed by atoms with Crippen molar-refractivity contribution in [3.05, 3.63) is 23.7 Å². The molecule has 0 spiro atoms. The molecule has 2 aliphatic heterocycles. The molecule has 2 aliphatic rings. The van der Waals surface area contributed by atoms with E-state index in [1.165, 1.54) is 0 Å². The van der Waals surface area contributed by atoms with Gasteiger partial charge in [-0.1, -0.05) is 19.8 Å². The lowest BCUT2D eigenvalue weighted by molar-refractivity contribution is -0.134. The Morgan fingerprint density at radius 1 is 1.24 bits per heavy atom. The summed E-state index contributed by atoms with van der Waals surface area (Å²) in [5, 5.41) is 0. The molecule has 0 radical (unpaired) electrons. The van der Waals surface area contributed by atoms with Crippen molar-refractivity contribution in [2.75, 3.05) is 26.2 Å². The molecular formula is C19H28N2O4. The zero-order chi connectivity index (χ0) is 17.6. The number of furan rings is 1. The largest absolute Gasteiger partial charge is 0.464 e. The van der Waals surface area contributed by atoms with Crippen LogP contribution in [0.5, 0.6) is 0 Å². The number of rotatable bonds is 6. The molecule has 1 unspecified atom stereocenters. The lowest BCUT2D eigenvalue weighted by Gasteiger charge is -2.29. The van der Waals surface area contributed by atoms with Gasteiger partial charge in [0.1, 0.15) is 18.1 Å². The Morgan fingerprint density at radius 3 is 2.84 bits per heavy atom. The third-order valence-corrected chi connectivity index (χ3v) is 5.10. The number of hydrogen-bond acceptors (Lipinski definition) is 4. The summed E-state index contributed by atoms with van der Waals surface area (Å²) in [6.07, 6.45) is 6.02. The molecule has 2 amide bonds. The molecule has 3 rings (SSSR count). The lowest BCUT2D eigenvalue weighted by atomic mass is 10.1. The number of hydrogen-bond donors (Lipinski definition) is 0. The number of cyclic esters (lactones) is 1. The fraction of sp³-hybridized carbons (Fsp3) is 0.684. The van der Waals surface area contributed by atoms with Gasteiger partial charge in [-0.15, -0.1) is 0 Å². The number of aryl methyl sites for hydroxylation is 1. The first-order valence-corrected chi connectivity index (χ1v) is 9.49. The number of nitrogens with zero attached hydrogens (tertiary/aromatic N) is 2. The van der Waals surface area contributed by atoms with E-state index in [1.807, 2.05) is 17.0 Å². The second-order valence-corrected chi connectivity index (χ2v) is 6.81. The number of carbonyl (C=O) groups excluding carboxylic acids is 2. The molecule has 138 valence electrons. The van der Waals surface area contributed by atoms with Crippen LogP contribution < -0.4 is 0 Å². The monoisotopic (exact) mass is 348 g/mol. The molecule has 0 N–H and O–H groups in total. The molecule has 1 aromatic rings. The summed E-state index contributed by atoms with van der Waals surface area (Å²) in [5.41, 5.74) is 0. The predicted molar refractivity (Wildman–Crippen MR) is 93.2 cm³/mol. The standard InChI is InChI=1S/C19H28N2O4/c1-2-15-9-10-17(25-15)16-7-4-3-5-12-21(16)18(22)8-6-11-20-13-14-24-19(20)23/h9-10,16H,2-8,11-14H2,1H3. The summed E-state index contributed by atoms with van der Waals surface area (Å²) in [7, 11) is 0. The molecule has 0 aromatic carbocycles. The minimum Gasteiger partial charge on any atom is -0.464 e. The smallest absolute Gasteiger partial charge is 0.409 e. The summed E-state index contributed by atoms with van der Waals surface area (Å²) in [6.45, 7) is 4.54. The van der Waals surface area contributed by atoms with Gasteiger partial charge < -0.3 is 19.0 Å². The van der Waals surface area contributed by atoms with E-state index in [4.69, 9.17) is 9.15 Å². The first-order chi connectivity index (χ1) is 12.2. The highest BCUT2D eigenvalue weighted by atomic mass is 16.6. The Morgan fingerprint density at radius 2 is 2.12 bits per heavy atom. The molecule has 3 heterocycles. The summed E-state index contributed by atoms with van der Waals surface area (Å²) >= 11 is 0. The van der Waals surface area contributed by atoms with Crippen LogP contribution >= 0.6 is 0 Å². The second kappa shape index (κ2) is 8.41. The summed E-state index contributed by atoms with van der Waals surface area (Å²) in [5.74, 6) is 2.04. The van der Waals surface area contributed by atoms with Gasteiger partial charge in [0.15, 0.2) is 0 Å². The third-order valence-electron chi connectivity index (χ3n) is 5.10. The molecule has 0 aliphatic carbocycles. The maximum absolute atomic E-state index is 12.8. The number of likely N-dealkylation sites (tertiary alicyclic amines) is 1. The molecule has 0 saturated carbocycles. The molecular weight excluding hydrogens is 320 g/mol. The van der Waals surface area contributed by atoms with Crippen LogP contribution in [-0.4, -0.2) is 48.0 Å². The van der Waals surface area contributed by atoms with E-state index in [2.05, 4.69) is 6.92 Å². The summed E-state index contributed by atoms with van der Waals surface area (Å²) < 4.78 is 10.9. The highest BCUT2D eigenvalue weighted by Crippen LogP contribution is 2.32. The van der Waals surface area contributed by atoms with Gasteiger partial charge in [0.25, 0.3) is 0 Å². The van der Waals surface area contributed by atoms with Crippen LogP contribution in [0.25, 0.3) is 0 Å². The zero-order valence-electron chi connectivity index (χ0n) is 15.0. The van der Waals surface area contributed by atoms with Gasteiger partial charge in [0.2, 0.25) is 5.91 Å². The van der Waals surface area contributed by atoms with Gasteiger partial charge in [-0.05, 0) is 31.4 Å². The minimum atomic E-state index is -0.261. The molecule has 25 heavy (non-hydrogen) atoms. The van der Waals surface area contributed by atoms with Gasteiger partial charge in [-0.3, -0.25) is 4.79 Å². The van der Waals surface area contributed by atoms with Crippen LogP contribution in [0, 0.1) is 0 Å². The predicted octanol–water partition coefficient (Wildman–Crippen LogP) is 3.52. The topological polar surface area (TPSA) is 63.0 Å². The molecule has 6 nitrogen and oxygen atoms in total. The fourth-order valence-corrected chi connectivity index (χ4v) is 3.66. The number of carbonyl (C=O) groups is 2. The fourth-order valence-electron chi connectivity index (χ4n) is 3.66. The van der Waals surface area contributed by atoms with Crippen LogP contribution in [0.4, 0.5) is 4.79 Å². The highest BCUT2D eigenvalue weighted by molar-refractivity contribution is 5.77. The molecule has 1 atom stereocenters. The minimum absolute atomic E-state index is 0.0482. The van der Waals surface area contributed by atoms with Crippen molar-refractivity contribution in [2.24, 2.45) is 0 Å². The van der Waals surface area contributed by atoms with Gasteiger partial charge in [-0.2, -0.15) is 0 Å². The molecule has 0 bridgehead atoms. The van der Waals surface area contributed by atoms with E-state index in [-0.39, 0.29) is 18.0 Å². The van der Waals surface area contributed by atoms with E-state index in [0.717, 1.165) is 50.2 Å². The molecule has 6 heteroatoms. The Labute approximate surface area is 149 Å². The average Bonchev–Trinajstić information content (AvgIpc) is 3.17. The van der Waals surface area contributed by atoms with Crippen molar-refractivity contribution < 1.29 is 18.7 Å². The van der Waals surface area contributed by atoms with E-state index >= 15 is 0 Å². The average molecular weight is 348 g/mol. The van der Waals surface area contributed by atoms with Crippen molar-refractivity contribution in [3.8, 4) is 0 Å². The van der Waals surface area contributed by atoms with E-state index in [9.17, 15) is 9.59 Å². The first-order valence-electron chi connectivity index (χ1n) is 9.49. The van der Waals surface area contributed by atoms with Crippen LogP contribution in [-0.2, 0) is 16.0 Å². The van der Waals surface area contributed by atoms with Gasteiger partial charge in [-0.25, -0.2) is 4.79 Å². The van der Waals surface area contributed by atoms with Gasteiger partial charge in [0.05, 0.1) is 12.6 Å². The van der Waals surface area contributed by atoms with E-state index < -0.39 is 0 Å². The van der Waals surface area contributed by atoms with Gasteiger partial charge in [0, 0.05) is 25.9 Å². The first kappa shape index (κ1) is 17.8. The molecule has 2 saturated heterocycles. The van der Waals surface area contributed by atoms with Crippen LogP contribution in [0.3, 0.4) is 0 Å². The SMILES string of the molecule is CCc1ccc(C2CCCCCN2C(=O)CCCN2CCOC2=O)o1. The number of ether oxygens (including phenoxy) is 1. The highest BCUT2D eigenvalue weighted by Gasteiger charge is 2.29. The summed E-state index contributed by atoms with van der Waals surface area (Å²) in [4.78, 5) is 27.9. The zero-order valence-corrected chi connectivity index (χ0v) is 15.0. The van der Waals surface area contributed by atoms with E-state index in [1.54, 1.807) is 4.90 Å². The Kier molecular flexibility index (Phi) is 6.00. The Balaban J connectivity index is 1.59. The van der Waals surface area contributed by atoms with Gasteiger partial charge >= 0.3 is 6.09 Å². The van der Waals surface area contributed by atoms with Crippen LogP contribution in [0.1, 0.15) is 63.0 Å². The van der Waals surface area contributed by atoms with E-state index in [0.29, 0.717) is 32.5 Å². The maximum Gasteiger partial charge on any atom is 0.409 e. The van der Waals surface area contributed by atoms with Crippen molar-refractivity contribution in [1.82, 2.24) is 9.80 Å². The normalized spacial score (nSPS) is 21.3. The second-order valence-electron chi connectivity index (χ2n) is 6.81. The van der Waals surface area contributed by atoms with Crippen LogP contribution in [0.2, 0.25) is 0 Å². The quantitative estimate of drug-likeness (QED) is 0.789. The van der Waals surface area contributed by atoms with Crippen molar-refractivity contribution in [3.63, 3.8) is 0 Å². The Bertz CT molecular complexity index is 598. The summed E-state index contributed by atoms with van der Waals surface area (Å²) in [6, 6.07) is 4.09. The lowest BCUT2D eigenvalue weighted by Crippen LogP contribution is -2.35. The van der Waals surface area contributed by atoms with Crippen molar-refractivity contribution in [1.29, 1.82) is 0 Å². The maximum atomic E-state index is 12.8.